The number of ether oxygens (including phenoxy) is 2. The van der Waals surface area contributed by atoms with Crippen molar-refractivity contribution in [3.63, 3.8) is 0 Å². The average molecular weight is 560 g/mol. The Morgan fingerprint density at radius 1 is 1.42 bits per heavy atom. The number of aromatic amines is 1. The number of aromatic nitrogens is 2. The van der Waals surface area contributed by atoms with Gasteiger partial charge in [-0.1, -0.05) is 31.7 Å². The maximum absolute atomic E-state index is 16.0. The first-order valence-corrected chi connectivity index (χ1v) is 13.5. The highest BCUT2D eigenvalue weighted by atomic mass is 31.2. The molecule has 0 amide bonds. The van der Waals surface area contributed by atoms with Crippen LogP contribution in [0.1, 0.15) is 47.3 Å². The number of hydrogen-bond donors (Lipinski definition) is 3. The number of nitrogens with zero attached hydrogens (tertiary/aromatic N) is 1. The van der Waals surface area contributed by atoms with Gasteiger partial charge < -0.3 is 19.1 Å². The van der Waals surface area contributed by atoms with Crippen molar-refractivity contribution in [3.05, 3.63) is 69.7 Å². The first-order chi connectivity index (χ1) is 17.7. The van der Waals surface area contributed by atoms with Crippen LogP contribution in [0.25, 0.3) is 0 Å². The smallest absolute Gasteiger partial charge is 0.459 e. The lowest BCUT2D eigenvalue weighted by Gasteiger charge is -2.42. The van der Waals surface area contributed by atoms with E-state index in [-0.39, 0.29) is 12.2 Å². The van der Waals surface area contributed by atoms with Crippen LogP contribution in [0.5, 0.6) is 0 Å². The minimum Gasteiger partial charge on any atom is -0.462 e. The normalized spacial score (nSPS) is 26.6. The number of H-pyrrole nitrogens is 1. The first kappa shape index (κ1) is 31.4. The van der Waals surface area contributed by atoms with Crippen molar-refractivity contribution < 1.29 is 37.4 Å². The monoisotopic (exact) mass is 559 g/mol. The Hall–Kier alpha value is -2.83. The van der Waals surface area contributed by atoms with Gasteiger partial charge in [0.05, 0.1) is 6.10 Å². The number of nitrogens with one attached hydrogen (secondary N) is 2. The third-order valence-corrected chi connectivity index (χ3v) is 7.08. The highest BCUT2D eigenvalue weighted by molar-refractivity contribution is 7.51. The van der Waals surface area contributed by atoms with Crippen LogP contribution < -0.4 is 16.3 Å². The number of carbonyl (C=O) groups is 1. The van der Waals surface area contributed by atoms with Gasteiger partial charge in [-0.25, -0.2) is 13.8 Å². The highest BCUT2D eigenvalue weighted by Gasteiger charge is 2.51. The molecule has 0 spiro atoms. The predicted molar refractivity (Wildman–Crippen MR) is 137 cm³/mol. The van der Waals surface area contributed by atoms with Gasteiger partial charge in [0.1, 0.15) is 30.7 Å². The Kier molecular flexibility index (Phi) is 11.0. The number of halogens is 1. The van der Waals surface area contributed by atoms with Crippen molar-refractivity contribution in [1.29, 1.82) is 0 Å². The maximum Gasteiger partial charge on any atom is 0.459 e. The van der Waals surface area contributed by atoms with E-state index in [9.17, 15) is 24.1 Å². The molecule has 0 bridgehead atoms. The molecule has 1 fully saturated rings. The summed E-state index contributed by atoms with van der Waals surface area (Å²) in [6.07, 6.45) is 3.83. The quantitative estimate of drug-likeness (QED) is 0.150. The van der Waals surface area contributed by atoms with E-state index in [1.54, 1.807) is 26.0 Å². The number of esters is 1. The Morgan fingerprint density at radius 3 is 2.71 bits per heavy atom. The number of allylic oxidation sites excluding steroid dienone is 5. The van der Waals surface area contributed by atoms with Gasteiger partial charge in [-0.15, -0.1) is 0 Å². The molecule has 6 unspecified atom stereocenters. The van der Waals surface area contributed by atoms with E-state index in [2.05, 4.69) is 16.7 Å². The number of rotatable bonds is 12. The molecule has 1 aliphatic heterocycles. The summed E-state index contributed by atoms with van der Waals surface area (Å²) < 4.78 is 51.9. The van der Waals surface area contributed by atoms with E-state index < -0.39 is 67.8 Å². The van der Waals surface area contributed by atoms with Crippen LogP contribution in [0.15, 0.2) is 58.5 Å². The molecular weight excluding hydrogens is 524 g/mol. The number of carbonyl (C=O) groups excluding carboxylic acids is 1. The van der Waals surface area contributed by atoms with Gasteiger partial charge in [-0.3, -0.25) is 23.7 Å². The third kappa shape index (κ3) is 8.60. The highest BCUT2D eigenvalue weighted by Crippen LogP contribution is 2.49. The fraction of sp³-hybridized carbons (Fsp3) is 0.542. The van der Waals surface area contributed by atoms with Crippen LogP contribution >= 0.6 is 7.75 Å². The first-order valence-electron chi connectivity index (χ1n) is 11.9. The van der Waals surface area contributed by atoms with Crippen LogP contribution in [-0.4, -0.2) is 51.3 Å². The van der Waals surface area contributed by atoms with E-state index in [0.29, 0.717) is 0 Å². The second-order valence-corrected chi connectivity index (χ2v) is 10.8. The summed E-state index contributed by atoms with van der Waals surface area (Å²) in [4.78, 5) is 38.0. The van der Waals surface area contributed by atoms with Crippen molar-refractivity contribution in [1.82, 2.24) is 14.6 Å². The van der Waals surface area contributed by atoms with E-state index in [0.717, 1.165) is 16.8 Å². The van der Waals surface area contributed by atoms with Crippen LogP contribution in [0.4, 0.5) is 4.39 Å². The molecule has 1 aromatic heterocycles. The van der Waals surface area contributed by atoms with Crippen molar-refractivity contribution in [2.45, 2.75) is 71.4 Å². The maximum atomic E-state index is 16.0. The van der Waals surface area contributed by atoms with E-state index >= 15 is 4.39 Å². The molecule has 38 heavy (non-hydrogen) atoms. The van der Waals surface area contributed by atoms with Crippen molar-refractivity contribution >= 4 is 13.7 Å². The Balaban J connectivity index is 2.32. The molecule has 6 atom stereocenters. The van der Waals surface area contributed by atoms with Gasteiger partial charge in [0.25, 0.3) is 11.4 Å². The van der Waals surface area contributed by atoms with E-state index in [4.69, 9.17) is 18.5 Å². The second kappa shape index (κ2) is 13.3. The predicted octanol–water partition coefficient (Wildman–Crippen LogP) is 2.84. The van der Waals surface area contributed by atoms with Gasteiger partial charge in [0, 0.05) is 12.3 Å². The molecule has 0 saturated carbocycles. The molecular formula is C24H35FN3O9P. The molecule has 12 nitrogen and oxygen atoms in total. The minimum atomic E-state index is -4.47. The van der Waals surface area contributed by atoms with Crippen molar-refractivity contribution in [3.8, 4) is 0 Å². The minimum absolute atomic E-state index is 0.0285. The van der Waals surface area contributed by atoms with Crippen molar-refractivity contribution in [2.24, 2.45) is 5.92 Å². The fourth-order valence-corrected chi connectivity index (χ4v) is 5.08. The molecule has 1 aromatic rings. The number of alkyl halides is 1. The molecule has 2 rings (SSSR count). The second-order valence-electron chi connectivity index (χ2n) is 9.13. The number of hydrogen-bond acceptors (Lipinski definition) is 9. The lowest BCUT2D eigenvalue weighted by atomic mass is 9.91. The molecule has 212 valence electrons. The van der Waals surface area contributed by atoms with E-state index in [1.807, 2.05) is 0 Å². The van der Waals surface area contributed by atoms with E-state index in [1.165, 1.54) is 32.9 Å². The topological polar surface area (TPSA) is 158 Å². The Labute approximate surface area is 219 Å². The van der Waals surface area contributed by atoms with Gasteiger partial charge in [-0.05, 0) is 46.1 Å². The summed E-state index contributed by atoms with van der Waals surface area (Å²) in [7, 11) is -4.47. The summed E-state index contributed by atoms with van der Waals surface area (Å²) in [6.45, 7) is 10.1. The fourth-order valence-electron chi connectivity index (χ4n) is 3.54. The summed E-state index contributed by atoms with van der Waals surface area (Å²) in [5.41, 5.74) is -1.48. The van der Waals surface area contributed by atoms with Gasteiger partial charge in [0.15, 0.2) is 0 Å². The molecule has 0 radical (unpaired) electrons. The number of aliphatic hydroxyl groups is 1. The molecule has 3 N–H and O–H groups in total. The Morgan fingerprint density at radius 2 is 2.11 bits per heavy atom. The molecule has 0 aromatic carbocycles. The average Bonchev–Trinajstić information content (AvgIpc) is 2.81. The van der Waals surface area contributed by atoms with Gasteiger partial charge in [-0.2, -0.15) is 5.09 Å². The van der Waals surface area contributed by atoms with Gasteiger partial charge >= 0.3 is 19.4 Å². The molecule has 1 aliphatic rings. The molecule has 14 heteroatoms. The molecule has 0 aliphatic carbocycles. The summed E-state index contributed by atoms with van der Waals surface area (Å²) in [5.74, 6) is -4.34. The largest absolute Gasteiger partial charge is 0.462 e. The molecule has 2 heterocycles. The standard InChI is InChI=1S/C24H35FN3O9P/c1-7-8-9-10-17(5)37-38(33,27-18(6)22(31)35-15(2)3)34-14-24(25)21(30)16(4)13-20(36-24)28-12-11-19(29)26-23(28)32/h7-12,15-16,18,20-21,30H,1,13-14H2,2-6H3,(H,27,33)(H,26,29,32). The zero-order chi connectivity index (χ0) is 28.7. The van der Waals surface area contributed by atoms with Crippen LogP contribution in [0.2, 0.25) is 0 Å². The summed E-state index contributed by atoms with van der Waals surface area (Å²) in [6, 6.07) is -0.116. The van der Waals surface area contributed by atoms with Crippen molar-refractivity contribution in [2.75, 3.05) is 6.61 Å². The van der Waals surface area contributed by atoms with Crippen LogP contribution in [-0.2, 0) is 27.9 Å². The summed E-state index contributed by atoms with van der Waals surface area (Å²) >= 11 is 0. The zero-order valence-corrected chi connectivity index (χ0v) is 22.9. The lowest BCUT2D eigenvalue weighted by Crippen LogP contribution is -2.54. The van der Waals surface area contributed by atoms with Crippen LogP contribution in [0.3, 0.4) is 0 Å². The third-order valence-electron chi connectivity index (χ3n) is 5.38. The van der Waals surface area contributed by atoms with Gasteiger partial charge in [0.2, 0.25) is 0 Å². The number of aliphatic hydroxyl groups excluding tert-OH is 1. The van der Waals surface area contributed by atoms with Crippen LogP contribution in [0, 0.1) is 5.92 Å². The molecule has 1 saturated heterocycles. The SMILES string of the molecule is C=CC=CC=C(C)OP(=O)(NC(C)C(=O)OC(C)C)OCC1(F)OC(n2ccc(=O)[nH]c2=O)CC(C)C1O. The lowest BCUT2D eigenvalue weighted by molar-refractivity contribution is -0.301. The zero-order valence-electron chi connectivity index (χ0n) is 22.0. The summed E-state index contributed by atoms with van der Waals surface area (Å²) in [5, 5.41) is 13.0. The Bertz CT molecular complexity index is 1210.